The summed E-state index contributed by atoms with van der Waals surface area (Å²) in [6.07, 6.45) is 0.894. The highest BCUT2D eigenvalue weighted by molar-refractivity contribution is 5.89. The molecule has 7 heteroatoms. The number of aliphatic carboxylic acids is 1. The van der Waals surface area contributed by atoms with Crippen molar-refractivity contribution in [3.05, 3.63) is 71.8 Å². The van der Waals surface area contributed by atoms with E-state index >= 15 is 0 Å². The molecule has 2 aromatic carbocycles. The molecule has 2 aromatic rings. The minimum absolute atomic E-state index is 0.0797. The van der Waals surface area contributed by atoms with Crippen LogP contribution in [0.1, 0.15) is 37.8 Å². The Morgan fingerprint density at radius 3 is 2.03 bits per heavy atom. The van der Waals surface area contributed by atoms with Crippen LogP contribution in [0, 0.1) is 5.92 Å². The standard InChI is InChI=1S/C24H30N2O5/c1-17(2)21(26-24(30)31-16-19-12-7-4-8-13-19)22(27)25-20(23(28)29)15-9-14-18-10-5-3-6-11-18/h3-8,10-13,17,20-21H,9,14-16H2,1-2H3,(H,25,27)(H,26,30)(H,28,29)/t20-,21+/m1/s1. The summed E-state index contributed by atoms with van der Waals surface area (Å²) in [6.45, 7) is 3.62. The van der Waals surface area contributed by atoms with E-state index in [0.717, 1.165) is 17.5 Å². The summed E-state index contributed by atoms with van der Waals surface area (Å²) in [5.74, 6) is -1.89. The van der Waals surface area contributed by atoms with E-state index < -0.39 is 30.1 Å². The first-order chi connectivity index (χ1) is 14.9. The van der Waals surface area contributed by atoms with Crippen LogP contribution in [-0.2, 0) is 27.4 Å². The lowest BCUT2D eigenvalue weighted by Crippen LogP contribution is -2.53. The molecular weight excluding hydrogens is 396 g/mol. The number of carbonyl (C=O) groups is 3. The van der Waals surface area contributed by atoms with Crippen molar-refractivity contribution in [1.82, 2.24) is 10.6 Å². The van der Waals surface area contributed by atoms with Crippen LogP contribution >= 0.6 is 0 Å². The monoisotopic (exact) mass is 426 g/mol. The number of aryl methyl sites for hydroxylation is 1. The molecule has 166 valence electrons. The Morgan fingerprint density at radius 1 is 0.903 bits per heavy atom. The van der Waals surface area contributed by atoms with Crippen molar-refractivity contribution in [3.8, 4) is 0 Å². The summed E-state index contributed by atoms with van der Waals surface area (Å²) in [4.78, 5) is 36.5. The molecule has 0 aliphatic rings. The van der Waals surface area contributed by atoms with Gasteiger partial charge >= 0.3 is 12.1 Å². The lowest BCUT2D eigenvalue weighted by atomic mass is 10.0. The molecule has 3 N–H and O–H groups in total. The Morgan fingerprint density at radius 2 is 1.48 bits per heavy atom. The van der Waals surface area contributed by atoms with E-state index in [1.807, 2.05) is 60.7 Å². The minimum Gasteiger partial charge on any atom is -0.480 e. The molecule has 2 atom stereocenters. The van der Waals surface area contributed by atoms with Gasteiger partial charge in [-0.3, -0.25) is 4.79 Å². The van der Waals surface area contributed by atoms with Gasteiger partial charge in [-0.2, -0.15) is 0 Å². The molecular formula is C24H30N2O5. The molecule has 0 heterocycles. The number of carboxylic acids is 1. The van der Waals surface area contributed by atoms with Gasteiger partial charge in [-0.05, 0) is 36.3 Å². The van der Waals surface area contributed by atoms with Gasteiger partial charge in [0.25, 0.3) is 0 Å². The zero-order valence-corrected chi connectivity index (χ0v) is 17.9. The smallest absolute Gasteiger partial charge is 0.408 e. The molecule has 0 spiro atoms. The second-order valence-corrected chi connectivity index (χ2v) is 7.70. The maximum Gasteiger partial charge on any atom is 0.408 e. The first-order valence-corrected chi connectivity index (χ1v) is 10.4. The third-order valence-electron chi connectivity index (χ3n) is 4.85. The molecule has 7 nitrogen and oxygen atoms in total. The van der Waals surface area contributed by atoms with Crippen LogP contribution in [0.5, 0.6) is 0 Å². The number of hydrogen-bond donors (Lipinski definition) is 3. The van der Waals surface area contributed by atoms with Crippen LogP contribution in [0.2, 0.25) is 0 Å². The maximum absolute atomic E-state index is 12.7. The van der Waals surface area contributed by atoms with E-state index in [1.54, 1.807) is 13.8 Å². The summed E-state index contributed by atoms with van der Waals surface area (Å²) in [5.41, 5.74) is 1.94. The van der Waals surface area contributed by atoms with Gasteiger partial charge in [0.1, 0.15) is 18.7 Å². The van der Waals surface area contributed by atoms with Crippen LogP contribution in [0.4, 0.5) is 4.79 Å². The molecule has 31 heavy (non-hydrogen) atoms. The number of carboxylic acid groups (broad SMARTS) is 1. The topological polar surface area (TPSA) is 105 Å². The average Bonchev–Trinajstić information content (AvgIpc) is 2.76. The van der Waals surface area contributed by atoms with Gasteiger partial charge in [0.05, 0.1) is 0 Å². The summed E-state index contributed by atoms with van der Waals surface area (Å²) < 4.78 is 5.18. The molecule has 2 amide bonds. The van der Waals surface area contributed by atoms with Crippen molar-refractivity contribution < 1.29 is 24.2 Å². The summed E-state index contributed by atoms with van der Waals surface area (Å²) in [7, 11) is 0. The second kappa shape index (κ2) is 12.4. The van der Waals surface area contributed by atoms with Crippen molar-refractivity contribution in [1.29, 1.82) is 0 Å². The fraction of sp³-hybridized carbons (Fsp3) is 0.375. The Hall–Kier alpha value is -3.35. The molecule has 0 unspecified atom stereocenters. The van der Waals surface area contributed by atoms with Crippen molar-refractivity contribution >= 4 is 18.0 Å². The van der Waals surface area contributed by atoms with E-state index in [4.69, 9.17) is 4.74 Å². The number of alkyl carbamates (subject to hydrolysis) is 1. The Balaban J connectivity index is 1.87. The minimum atomic E-state index is -1.10. The summed E-state index contributed by atoms with van der Waals surface area (Å²) >= 11 is 0. The van der Waals surface area contributed by atoms with Gasteiger partial charge in [-0.1, -0.05) is 74.5 Å². The molecule has 0 saturated heterocycles. The summed E-state index contributed by atoms with van der Waals surface area (Å²) in [5, 5.41) is 14.6. The number of amides is 2. The van der Waals surface area contributed by atoms with Crippen LogP contribution in [0.15, 0.2) is 60.7 Å². The summed E-state index contributed by atoms with van der Waals surface area (Å²) in [6, 6.07) is 17.0. The number of ether oxygens (including phenoxy) is 1. The Kier molecular flexibility index (Phi) is 9.55. The van der Waals surface area contributed by atoms with Crippen LogP contribution < -0.4 is 10.6 Å². The lowest BCUT2D eigenvalue weighted by molar-refractivity contribution is -0.142. The Labute approximate surface area is 182 Å². The normalized spacial score (nSPS) is 12.6. The van der Waals surface area contributed by atoms with E-state index in [9.17, 15) is 19.5 Å². The van der Waals surface area contributed by atoms with E-state index in [-0.39, 0.29) is 12.5 Å². The van der Waals surface area contributed by atoms with Crippen molar-refractivity contribution in [3.63, 3.8) is 0 Å². The highest BCUT2D eigenvalue weighted by Gasteiger charge is 2.28. The third-order valence-corrected chi connectivity index (χ3v) is 4.85. The second-order valence-electron chi connectivity index (χ2n) is 7.70. The fourth-order valence-corrected chi connectivity index (χ4v) is 3.10. The average molecular weight is 427 g/mol. The molecule has 0 aliphatic heterocycles. The van der Waals surface area contributed by atoms with E-state index in [2.05, 4.69) is 10.6 Å². The highest BCUT2D eigenvalue weighted by Crippen LogP contribution is 2.09. The van der Waals surface area contributed by atoms with Gasteiger partial charge in [-0.15, -0.1) is 0 Å². The van der Waals surface area contributed by atoms with Gasteiger partial charge in [0.15, 0.2) is 0 Å². The first kappa shape index (κ1) is 23.9. The predicted molar refractivity (Wildman–Crippen MR) is 117 cm³/mol. The number of benzene rings is 2. The van der Waals surface area contributed by atoms with Gasteiger partial charge in [0, 0.05) is 0 Å². The van der Waals surface area contributed by atoms with Crippen LogP contribution in [0.25, 0.3) is 0 Å². The fourth-order valence-electron chi connectivity index (χ4n) is 3.10. The van der Waals surface area contributed by atoms with Crippen LogP contribution in [0.3, 0.4) is 0 Å². The third kappa shape index (κ3) is 8.50. The van der Waals surface area contributed by atoms with Crippen LogP contribution in [-0.4, -0.2) is 35.2 Å². The zero-order chi connectivity index (χ0) is 22.6. The molecule has 0 aliphatic carbocycles. The molecule has 0 aromatic heterocycles. The quantitative estimate of drug-likeness (QED) is 0.510. The first-order valence-electron chi connectivity index (χ1n) is 10.4. The number of hydrogen-bond acceptors (Lipinski definition) is 4. The van der Waals surface area contributed by atoms with E-state index in [0.29, 0.717) is 12.8 Å². The van der Waals surface area contributed by atoms with Crippen molar-refractivity contribution in [2.45, 2.75) is 51.8 Å². The largest absolute Gasteiger partial charge is 0.480 e. The van der Waals surface area contributed by atoms with E-state index in [1.165, 1.54) is 0 Å². The lowest BCUT2D eigenvalue weighted by Gasteiger charge is -2.23. The van der Waals surface area contributed by atoms with Gasteiger partial charge in [-0.25, -0.2) is 9.59 Å². The van der Waals surface area contributed by atoms with Gasteiger partial charge < -0.3 is 20.5 Å². The molecule has 2 rings (SSSR count). The molecule has 0 saturated carbocycles. The zero-order valence-electron chi connectivity index (χ0n) is 17.9. The SMILES string of the molecule is CC(C)[C@H](NC(=O)OCc1ccccc1)C(=O)N[C@H](CCCc1ccccc1)C(=O)O. The van der Waals surface area contributed by atoms with Crippen molar-refractivity contribution in [2.75, 3.05) is 0 Å². The Bertz CT molecular complexity index is 840. The van der Waals surface area contributed by atoms with Gasteiger partial charge in [0.2, 0.25) is 5.91 Å². The predicted octanol–water partition coefficient (Wildman–Crippen LogP) is 3.53. The van der Waals surface area contributed by atoms with Crippen molar-refractivity contribution in [2.24, 2.45) is 5.92 Å². The number of carbonyl (C=O) groups excluding carboxylic acids is 2. The molecule has 0 radical (unpaired) electrons. The highest BCUT2D eigenvalue weighted by atomic mass is 16.5. The molecule has 0 fully saturated rings. The number of nitrogens with one attached hydrogen (secondary N) is 2. The number of rotatable bonds is 11. The molecule has 0 bridgehead atoms. The maximum atomic E-state index is 12.7.